The molecule has 2 aromatic rings. The number of ether oxygens (including phenoxy) is 1. The van der Waals surface area contributed by atoms with Crippen LogP contribution in [0.2, 0.25) is 0 Å². The van der Waals surface area contributed by atoms with Gasteiger partial charge in [0.25, 0.3) is 10.0 Å². The molecule has 0 unspecified atom stereocenters. The molecular weight excluding hydrogens is 310 g/mol. The summed E-state index contributed by atoms with van der Waals surface area (Å²) >= 11 is 0. The molecule has 116 valence electrons. The molecule has 0 aliphatic heterocycles. The fraction of sp³-hybridized carbons (Fsp3) is 0.0714. The Morgan fingerprint density at radius 2 is 1.77 bits per heavy atom. The van der Waals surface area contributed by atoms with Gasteiger partial charge in [-0.2, -0.15) is 0 Å². The molecule has 22 heavy (non-hydrogen) atoms. The number of phenols is 1. The van der Waals surface area contributed by atoms with Crippen molar-refractivity contribution in [1.29, 1.82) is 0 Å². The van der Waals surface area contributed by atoms with Crippen LogP contribution in [0.3, 0.4) is 0 Å². The Morgan fingerprint density at radius 1 is 1.14 bits per heavy atom. The lowest BCUT2D eigenvalue weighted by molar-refractivity contribution is 0.0694. The molecule has 0 aliphatic carbocycles. The lowest BCUT2D eigenvalue weighted by Gasteiger charge is -2.09. The number of hydrogen-bond acceptors (Lipinski definition) is 5. The third-order valence-electron chi connectivity index (χ3n) is 2.85. The van der Waals surface area contributed by atoms with Crippen molar-refractivity contribution in [3.63, 3.8) is 0 Å². The van der Waals surface area contributed by atoms with Crippen LogP contribution in [0.5, 0.6) is 11.5 Å². The van der Waals surface area contributed by atoms with Crippen molar-refractivity contribution in [2.24, 2.45) is 0 Å². The molecule has 0 amide bonds. The number of aromatic hydroxyl groups is 1. The van der Waals surface area contributed by atoms with Crippen LogP contribution >= 0.6 is 0 Å². The van der Waals surface area contributed by atoms with Crippen LogP contribution in [0.25, 0.3) is 0 Å². The zero-order chi connectivity index (χ0) is 16.3. The monoisotopic (exact) mass is 323 g/mol. The van der Waals surface area contributed by atoms with E-state index in [4.69, 9.17) is 9.84 Å². The number of carboxylic acids is 1. The minimum Gasteiger partial charge on any atom is -0.507 e. The molecule has 3 N–H and O–H groups in total. The van der Waals surface area contributed by atoms with Crippen LogP contribution in [-0.2, 0) is 10.0 Å². The van der Waals surface area contributed by atoms with Gasteiger partial charge in [-0.25, -0.2) is 13.2 Å². The predicted octanol–water partition coefficient (Wildman–Crippen LogP) is 1.90. The first-order chi connectivity index (χ1) is 10.3. The van der Waals surface area contributed by atoms with E-state index < -0.39 is 21.7 Å². The fourth-order valence-corrected chi connectivity index (χ4v) is 2.79. The molecule has 0 saturated carbocycles. The third-order valence-corrected chi connectivity index (χ3v) is 4.25. The zero-order valence-electron chi connectivity index (χ0n) is 11.5. The van der Waals surface area contributed by atoms with Gasteiger partial charge in [0.15, 0.2) is 0 Å². The highest BCUT2D eigenvalue weighted by Gasteiger charge is 2.16. The second kappa shape index (κ2) is 5.94. The molecule has 2 rings (SSSR count). The highest BCUT2D eigenvalue weighted by Crippen LogP contribution is 2.24. The average Bonchev–Trinajstić information content (AvgIpc) is 2.46. The molecule has 0 aromatic heterocycles. The maximum Gasteiger partial charge on any atom is 0.339 e. The van der Waals surface area contributed by atoms with Gasteiger partial charge in [-0.05, 0) is 36.4 Å². The van der Waals surface area contributed by atoms with Crippen LogP contribution in [0, 0.1) is 0 Å². The summed E-state index contributed by atoms with van der Waals surface area (Å²) in [6.45, 7) is 0. The number of hydrogen-bond donors (Lipinski definition) is 3. The van der Waals surface area contributed by atoms with E-state index in [1.54, 1.807) is 0 Å². The molecule has 7 nitrogen and oxygen atoms in total. The van der Waals surface area contributed by atoms with Crippen molar-refractivity contribution < 1.29 is 28.2 Å². The van der Waals surface area contributed by atoms with Crippen LogP contribution in [0.1, 0.15) is 10.4 Å². The number of anilines is 1. The highest BCUT2D eigenvalue weighted by molar-refractivity contribution is 7.92. The summed E-state index contributed by atoms with van der Waals surface area (Å²) in [6.07, 6.45) is 0. The van der Waals surface area contributed by atoms with Crippen molar-refractivity contribution in [2.45, 2.75) is 4.90 Å². The number of benzene rings is 2. The quantitative estimate of drug-likeness (QED) is 0.774. The summed E-state index contributed by atoms with van der Waals surface area (Å²) < 4.78 is 31.6. The molecule has 0 aliphatic rings. The van der Waals surface area contributed by atoms with Gasteiger partial charge in [0.05, 0.1) is 17.7 Å². The minimum atomic E-state index is -3.85. The molecule has 0 fully saturated rings. The second-order valence-corrected chi connectivity index (χ2v) is 6.00. The Bertz CT molecular complexity index is 799. The SMILES string of the molecule is COc1ccc(S(=O)(=O)Nc2ccc(C(=O)O)c(O)c2)cc1. The summed E-state index contributed by atoms with van der Waals surface area (Å²) in [7, 11) is -2.39. The standard InChI is InChI=1S/C14H13NO6S/c1-21-10-3-5-11(6-4-10)22(19,20)15-9-2-7-12(14(17)18)13(16)8-9/h2-8,15-16H,1H3,(H,17,18). The summed E-state index contributed by atoms with van der Waals surface area (Å²) in [5, 5.41) is 18.4. The number of carbonyl (C=O) groups is 1. The first kappa shape index (κ1) is 15.6. The van der Waals surface area contributed by atoms with E-state index in [1.165, 1.54) is 37.4 Å². The number of aromatic carboxylic acids is 1. The first-order valence-corrected chi connectivity index (χ1v) is 7.55. The molecule has 8 heteroatoms. The second-order valence-electron chi connectivity index (χ2n) is 4.32. The summed E-state index contributed by atoms with van der Waals surface area (Å²) in [5.41, 5.74) is -0.259. The number of methoxy groups -OCH3 is 1. The molecule has 0 atom stereocenters. The van der Waals surface area contributed by atoms with Gasteiger partial charge in [0, 0.05) is 6.07 Å². The smallest absolute Gasteiger partial charge is 0.339 e. The number of sulfonamides is 1. The predicted molar refractivity (Wildman–Crippen MR) is 78.9 cm³/mol. The lowest BCUT2D eigenvalue weighted by atomic mass is 10.2. The molecule has 0 heterocycles. The van der Waals surface area contributed by atoms with Crippen LogP contribution in [0.15, 0.2) is 47.4 Å². The maximum absolute atomic E-state index is 12.2. The summed E-state index contributed by atoms with van der Waals surface area (Å²) in [6, 6.07) is 9.14. The summed E-state index contributed by atoms with van der Waals surface area (Å²) in [5.74, 6) is -1.31. The normalized spacial score (nSPS) is 11.0. The topological polar surface area (TPSA) is 113 Å². The third kappa shape index (κ3) is 3.29. The van der Waals surface area contributed by atoms with Crippen molar-refractivity contribution >= 4 is 21.7 Å². The van der Waals surface area contributed by atoms with Gasteiger partial charge in [-0.3, -0.25) is 4.72 Å². The molecule has 0 bridgehead atoms. The van der Waals surface area contributed by atoms with Crippen LogP contribution < -0.4 is 9.46 Å². The number of rotatable bonds is 5. The van der Waals surface area contributed by atoms with Gasteiger partial charge in [-0.15, -0.1) is 0 Å². The maximum atomic E-state index is 12.2. The Hall–Kier alpha value is -2.74. The number of carboxylic acid groups (broad SMARTS) is 1. The number of nitrogens with one attached hydrogen (secondary N) is 1. The Kier molecular flexibility index (Phi) is 4.22. The van der Waals surface area contributed by atoms with Gasteiger partial charge >= 0.3 is 5.97 Å². The van der Waals surface area contributed by atoms with Gasteiger partial charge in [0.2, 0.25) is 0 Å². The van der Waals surface area contributed by atoms with E-state index >= 15 is 0 Å². The van der Waals surface area contributed by atoms with Crippen molar-refractivity contribution in [2.75, 3.05) is 11.8 Å². The van der Waals surface area contributed by atoms with Crippen molar-refractivity contribution in [1.82, 2.24) is 0 Å². The van der Waals surface area contributed by atoms with Crippen LogP contribution in [0.4, 0.5) is 5.69 Å². The molecular formula is C14H13NO6S. The largest absolute Gasteiger partial charge is 0.507 e. The van der Waals surface area contributed by atoms with Gasteiger partial charge in [-0.1, -0.05) is 0 Å². The van der Waals surface area contributed by atoms with Gasteiger partial charge in [0.1, 0.15) is 17.1 Å². The van der Waals surface area contributed by atoms with E-state index in [0.717, 1.165) is 12.1 Å². The Balaban J connectivity index is 2.28. The molecule has 2 aromatic carbocycles. The Labute approximate surface area is 126 Å². The van der Waals surface area contributed by atoms with Crippen molar-refractivity contribution in [3.05, 3.63) is 48.0 Å². The Morgan fingerprint density at radius 3 is 2.27 bits per heavy atom. The zero-order valence-corrected chi connectivity index (χ0v) is 12.3. The van der Waals surface area contributed by atoms with Crippen molar-refractivity contribution in [3.8, 4) is 11.5 Å². The lowest BCUT2D eigenvalue weighted by Crippen LogP contribution is -2.13. The molecule has 0 saturated heterocycles. The highest BCUT2D eigenvalue weighted by atomic mass is 32.2. The first-order valence-electron chi connectivity index (χ1n) is 6.06. The van der Waals surface area contributed by atoms with E-state index in [1.807, 2.05) is 0 Å². The molecule has 0 spiro atoms. The average molecular weight is 323 g/mol. The van der Waals surface area contributed by atoms with Gasteiger partial charge < -0.3 is 14.9 Å². The van der Waals surface area contributed by atoms with E-state index in [-0.39, 0.29) is 16.1 Å². The summed E-state index contributed by atoms with van der Waals surface area (Å²) in [4.78, 5) is 10.8. The molecule has 0 radical (unpaired) electrons. The van der Waals surface area contributed by atoms with E-state index in [9.17, 15) is 18.3 Å². The fourth-order valence-electron chi connectivity index (χ4n) is 1.74. The van der Waals surface area contributed by atoms with E-state index in [2.05, 4.69) is 4.72 Å². The van der Waals surface area contributed by atoms with Crippen LogP contribution in [-0.4, -0.2) is 31.7 Å². The van der Waals surface area contributed by atoms with E-state index in [0.29, 0.717) is 5.75 Å². The minimum absolute atomic E-state index is 0.00935.